The van der Waals surface area contributed by atoms with Gasteiger partial charge >= 0.3 is 12.3 Å². The number of nitrogens with zero attached hydrogens (tertiary/aromatic N) is 2. The van der Waals surface area contributed by atoms with Crippen molar-refractivity contribution in [1.29, 1.82) is 0 Å². The van der Waals surface area contributed by atoms with E-state index in [1.54, 1.807) is 23.1 Å². The van der Waals surface area contributed by atoms with Crippen LogP contribution in [0.4, 0.5) is 23.2 Å². The van der Waals surface area contributed by atoms with E-state index in [9.17, 15) is 27.5 Å². The van der Waals surface area contributed by atoms with E-state index < -0.39 is 18.3 Å². The molecule has 0 aliphatic carbocycles. The lowest BCUT2D eigenvalue weighted by Gasteiger charge is -2.37. The molecule has 0 bridgehead atoms. The molecule has 0 aromatic heterocycles. The van der Waals surface area contributed by atoms with Gasteiger partial charge in [0, 0.05) is 26.2 Å². The first-order valence-electron chi connectivity index (χ1n) is 6.32. The van der Waals surface area contributed by atoms with E-state index in [2.05, 4.69) is 0 Å². The topological polar surface area (TPSA) is 43.8 Å². The van der Waals surface area contributed by atoms with E-state index >= 15 is 0 Å². The van der Waals surface area contributed by atoms with Crippen LogP contribution in [0.1, 0.15) is 0 Å². The third-order valence-corrected chi connectivity index (χ3v) is 3.35. The fraction of sp³-hybridized carbons (Fsp3) is 0.462. The Morgan fingerprint density at radius 2 is 1.71 bits per heavy atom. The second-order valence-corrected chi connectivity index (χ2v) is 4.69. The number of anilines is 1. The third kappa shape index (κ3) is 3.03. The van der Waals surface area contributed by atoms with E-state index in [4.69, 9.17) is 0 Å². The molecule has 1 aliphatic rings. The first kappa shape index (κ1) is 15.4. The van der Waals surface area contributed by atoms with Gasteiger partial charge in [-0.15, -0.1) is 0 Å². The SMILES string of the molecule is O=C(N1CCN(c2ccccc2O)CC1)C(F)(F)C(F)F. The fourth-order valence-corrected chi connectivity index (χ4v) is 2.19. The van der Waals surface area contributed by atoms with Gasteiger partial charge in [-0.1, -0.05) is 12.1 Å². The molecule has 1 fully saturated rings. The van der Waals surface area contributed by atoms with Crippen LogP contribution in [-0.4, -0.2) is 54.4 Å². The van der Waals surface area contributed by atoms with Crippen molar-refractivity contribution in [2.45, 2.75) is 12.3 Å². The zero-order chi connectivity index (χ0) is 15.6. The number of aromatic hydroxyl groups is 1. The van der Waals surface area contributed by atoms with Crippen LogP contribution in [0.3, 0.4) is 0 Å². The van der Waals surface area contributed by atoms with Crippen molar-refractivity contribution in [1.82, 2.24) is 4.90 Å². The van der Waals surface area contributed by atoms with Gasteiger partial charge < -0.3 is 14.9 Å². The van der Waals surface area contributed by atoms with Gasteiger partial charge in [0.2, 0.25) is 0 Å². The lowest BCUT2D eigenvalue weighted by atomic mass is 10.2. The predicted molar refractivity (Wildman–Crippen MR) is 67.9 cm³/mol. The molecule has 0 saturated carbocycles. The molecule has 1 aromatic rings. The fourth-order valence-electron chi connectivity index (χ4n) is 2.19. The molecular formula is C13H14F4N2O2. The van der Waals surface area contributed by atoms with Crippen molar-refractivity contribution in [3.05, 3.63) is 24.3 Å². The molecule has 1 saturated heterocycles. The zero-order valence-corrected chi connectivity index (χ0v) is 11.0. The molecule has 0 spiro atoms. The number of carbonyl (C=O) groups excluding carboxylic acids is 1. The molecule has 4 nitrogen and oxygen atoms in total. The van der Waals surface area contributed by atoms with Crippen LogP contribution in [-0.2, 0) is 4.79 Å². The Labute approximate surface area is 118 Å². The van der Waals surface area contributed by atoms with Gasteiger partial charge in [-0.2, -0.15) is 8.78 Å². The van der Waals surface area contributed by atoms with Gasteiger partial charge in [0.25, 0.3) is 5.91 Å². The first-order valence-corrected chi connectivity index (χ1v) is 6.32. The summed E-state index contributed by atoms with van der Waals surface area (Å²) in [6.45, 7) is 0.163. The maximum absolute atomic E-state index is 13.0. The van der Waals surface area contributed by atoms with Crippen molar-refractivity contribution >= 4 is 11.6 Å². The van der Waals surface area contributed by atoms with Crippen LogP contribution in [0.15, 0.2) is 24.3 Å². The normalized spacial score (nSPS) is 16.4. The van der Waals surface area contributed by atoms with Crippen molar-refractivity contribution in [3.63, 3.8) is 0 Å². The van der Waals surface area contributed by atoms with Crippen LogP contribution >= 0.6 is 0 Å². The summed E-state index contributed by atoms with van der Waals surface area (Å²) in [5.74, 6) is -6.47. The van der Waals surface area contributed by atoms with Gasteiger partial charge in [0.05, 0.1) is 5.69 Å². The van der Waals surface area contributed by atoms with E-state index in [1.807, 2.05) is 0 Å². The zero-order valence-electron chi connectivity index (χ0n) is 11.0. The highest BCUT2D eigenvalue weighted by molar-refractivity contribution is 5.84. The summed E-state index contributed by atoms with van der Waals surface area (Å²) in [5, 5.41) is 9.70. The average Bonchev–Trinajstić information content (AvgIpc) is 2.47. The van der Waals surface area contributed by atoms with E-state index in [-0.39, 0.29) is 31.9 Å². The number of hydrogen-bond donors (Lipinski definition) is 1. The van der Waals surface area contributed by atoms with Gasteiger partial charge in [-0.25, -0.2) is 8.78 Å². The van der Waals surface area contributed by atoms with Gasteiger partial charge in [0.15, 0.2) is 0 Å². The van der Waals surface area contributed by atoms with Crippen molar-refractivity contribution in [2.24, 2.45) is 0 Å². The van der Waals surface area contributed by atoms with Gasteiger partial charge in [-0.3, -0.25) is 4.79 Å². The van der Waals surface area contributed by atoms with Crippen molar-refractivity contribution in [3.8, 4) is 5.75 Å². The summed E-state index contributed by atoms with van der Waals surface area (Å²) in [7, 11) is 0. The number of hydrogen-bond acceptors (Lipinski definition) is 3. The summed E-state index contributed by atoms with van der Waals surface area (Å²) in [5.41, 5.74) is 0.519. The number of benzene rings is 1. The number of carbonyl (C=O) groups is 1. The molecule has 8 heteroatoms. The lowest BCUT2D eigenvalue weighted by Crippen LogP contribution is -2.55. The molecule has 2 rings (SSSR count). The summed E-state index contributed by atoms with van der Waals surface area (Å²) in [6, 6.07) is 6.48. The predicted octanol–water partition coefficient (Wildman–Crippen LogP) is 1.94. The van der Waals surface area contributed by atoms with Crippen LogP contribution < -0.4 is 4.90 Å². The monoisotopic (exact) mass is 306 g/mol. The second kappa shape index (κ2) is 5.79. The third-order valence-electron chi connectivity index (χ3n) is 3.35. The molecule has 0 unspecified atom stereocenters. The van der Waals surface area contributed by atoms with Gasteiger partial charge in [-0.05, 0) is 12.1 Å². The molecule has 21 heavy (non-hydrogen) atoms. The molecular weight excluding hydrogens is 292 g/mol. The summed E-state index contributed by atoms with van der Waals surface area (Å²) in [4.78, 5) is 13.8. The maximum Gasteiger partial charge on any atom is 0.383 e. The Morgan fingerprint density at radius 1 is 1.14 bits per heavy atom. The Bertz CT molecular complexity index is 517. The van der Waals surface area contributed by atoms with Crippen LogP contribution in [0, 0.1) is 0 Å². The number of piperazine rings is 1. The van der Waals surface area contributed by atoms with Crippen molar-refractivity contribution in [2.75, 3.05) is 31.1 Å². The average molecular weight is 306 g/mol. The highest BCUT2D eigenvalue weighted by Crippen LogP contribution is 2.29. The Morgan fingerprint density at radius 3 is 2.24 bits per heavy atom. The molecule has 0 radical (unpaired) electrons. The number of phenols is 1. The molecule has 116 valence electrons. The molecule has 0 atom stereocenters. The minimum Gasteiger partial charge on any atom is -0.506 e. The molecule has 1 heterocycles. The smallest absolute Gasteiger partial charge is 0.383 e. The first-order chi connectivity index (χ1) is 9.84. The quantitative estimate of drug-likeness (QED) is 0.868. The minimum atomic E-state index is -4.66. The highest BCUT2D eigenvalue weighted by atomic mass is 19.3. The Kier molecular flexibility index (Phi) is 4.24. The standard InChI is InChI=1S/C13H14F4N2O2/c14-11(15)13(16,17)12(21)19-7-5-18(6-8-19)9-3-1-2-4-10(9)20/h1-4,11,20H,5-8H2. The number of halogens is 4. The molecule has 1 amide bonds. The van der Waals surface area contributed by atoms with E-state index in [0.29, 0.717) is 5.69 Å². The van der Waals surface area contributed by atoms with E-state index in [0.717, 1.165) is 4.90 Å². The van der Waals surface area contributed by atoms with E-state index in [1.165, 1.54) is 6.07 Å². The maximum atomic E-state index is 13.0. The van der Waals surface area contributed by atoms with Crippen molar-refractivity contribution < 1.29 is 27.5 Å². The number of amides is 1. The summed E-state index contributed by atoms with van der Waals surface area (Å²) < 4.78 is 50.4. The van der Waals surface area contributed by atoms with Crippen LogP contribution in [0.25, 0.3) is 0 Å². The minimum absolute atomic E-state index is 0.0372. The van der Waals surface area contributed by atoms with Crippen LogP contribution in [0.2, 0.25) is 0 Å². The molecule has 1 aliphatic heterocycles. The summed E-state index contributed by atoms with van der Waals surface area (Å²) >= 11 is 0. The molecule has 1 aromatic carbocycles. The second-order valence-electron chi connectivity index (χ2n) is 4.69. The molecule has 1 N–H and O–H groups in total. The van der Waals surface area contributed by atoms with Gasteiger partial charge in [0.1, 0.15) is 5.75 Å². The highest BCUT2D eigenvalue weighted by Gasteiger charge is 2.51. The number of alkyl halides is 4. The largest absolute Gasteiger partial charge is 0.506 e. The number of rotatable bonds is 3. The lowest BCUT2D eigenvalue weighted by molar-refractivity contribution is -0.180. The number of para-hydroxylation sites is 2. The summed E-state index contributed by atoms with van der Waals surface area (Å²) in [6.07, 6.45) is -4.01. The Balaban J connectivity index is 2.01. The number of phenolic OH excluding ortho intramolecular Hbond substituents is 1. The Hall–Kier alpha value is -1.99. The van der Waals surface area contributed by atoms with Crippen LogP contribution in [0.5, 0.6) is 5.75 Å².